The van der Waals surface area contributed by atoms with Crippen LogP contribution in [0.5, 0.6) is 0 Å². The Morgan fingerprint density at radius 2 is 1.86 bits per heavy atom. The summed E-state index contributed by atoms with van der Waals surface area (Å²) in [6, 6.07) is 7.74. The number of hydrogen-bond donors (Lipinski definition) is 1. The lowest BCUT2D eigenvalue weighted by Crippen LogP contribution is -2.26. The molecule has 4 heteroatoms. The van der Waals surface area contributed by atoms with Crippen molar-refractivity contribution < 1.29 is 4.79 Å². The van der Waals surface area contributed by atoms with E-state index in [1.807, 2.05) is 44.4 Å². The lowest BCUT2D eigenvalue weighted by molar-refractivity contribution is 0.0940. The van der Waals surface area contributed by atoms with Crippen LogP contribution in [-0.4, -0.2) is 15.7 Å². The number of aromatic nitrogens is 2. The number of carbonyl (C=O) groups is 1. The molecule has 0 saturated carbocycles. The number of benzene rings is 1. The van der Waals surface area contributed by atoms with Gasteiger partial charge in [0.15, 0.2) is 0 Å². The van der Waals surface area contributed by atoms with E-state index in [4.69, 9.17) is 0 Å². The van der Waals surface area contributed by atoms with Gasteiger partial charge in [-0.25, -0.2) is 0 Å². The number of nitrogens with zero attached hydrogens (tertiary/aromatic N) is 2. The van der Waals surface area contributed by atoms with Crippen LogP contribution in [0.1, 0.15) is 55.2 Å². The number of nitrogens with one attached hydrogen (secondary N) is 1. The topological polar surface area (TPSA) is 46.9 Å². The molecule has 4 nitrogen and oxygen atoms in total. The third-order valence-corrected chi connectivity index (χ3v) is 3.59. The van der Waals surface area contributed by atoms with Crippen LogP contribution in [0.2, 0.25) is 0 Å². The van der Waals surface area contributed by atoms with Crippen LogP contribution in [-0.2, 0) is 12.5 Å². The first-order valence-electron chi connectivity index (χ1n) is 7.17. The maximum atomic E-state index is 12.3. The molecule has 1 aromatic carbocycles. The molecule has 21 heavy (non-hydrogen) atoms. The van der Waals surface area contributed by atoms with Crippen molar-refractivity contribution in [3.63, 3.8) is 0 Å². The Hall–Kier alpha value is -2.10. The van der Waals surface area contributed by atoms with Crippen molar-refractivity contribution in [2.45, 2.75) is 39.2 Å². The summed E-state index contributed by atoms with van der Waals surface area (Å²) in [5, 5.41) is 7.11. The summed E-state index contributed by atoms with van der Waals surface area (Å²) in [7, 11) is 1.86. The molecule has 0 aliphatic rings. The van der Waals surface area contributed by atoms with Crippen molar-refractivity contribution in [1.82, 2.24) is 15.1 Å². The summed E-state index contributed by atoms with van der Waals surface area (Å²) in [5.74, 6) is -0.0631. The average Bonchev–Trinajstić information content (AvgIpc) is 2.84. The van der Waals surface area contributed by atoms with Crippen LogP contribution in [0.3, 0.4) is 0 Å². The van der Waals surface area contributed by atoms with Crippen molar-refractivity contribution >= 4 is 5.91 Å². The highest BCUT2D eigenvalue weighted by Gasteiger charge is 2.16. The van der Waals surface area contributed by atoms with Crippen molar-refractivity contribution in [2.24, 2.45) is 7.05 Å². The van der Waals surface area contributed by atoms with Gasteiger partial charge in [-0.15, -0.1) is 0 Å². The van der Waals surface area contributed by atoms with Gasteiger partial charge in [0.2, 0.25) is 0 Å². The Morgan fingerprint density at radius 3 is 2.33 bits per heavy atom. The molecule has 0 bridgehead atoms. The summed E-state index contributed by atoms with van der Waals surface area (Å²) in [4.78, 5) is 12.3. The zero-order valence-corrected chi connectivity index (χ0v) is 13.3. The number of hydrogen-bond acceptors (Lipinski definition) is 2. The van der Waals surface area contributed by atoms with E-state index < -0.39 is 0 Å². The van der Waals surface area contributed by atoms with Gasteiger partial charge in [-0.05, 0) is 30.0 Å². The first-order chi connectivity index (χ1) is 9.77. The molecule has 1 N–H and O–H groups in total. The van der Waals surface area contributed by atoms with Crippen LogP contribution >= 0.6 is 0 Å². The normalized spacial score (nSPS) is 13.0. The second-order valence-corrected chi connectivity index (χ2v) is 6.47. The fraction of sp³-hybridized carbons (Fsp3) is 0.412. The van der Waals surface area contributed by atoms with Crippen molar-refractivity contribution in [2.75, 3.05) is 0 Å². The van der Waals surface area contributed by atoms with Gasteiger partial charge in [0, 0.05) is 24.4 Å². The van der Waals surface area contributed by atoms with Gasteiger partial charge >= 0.3 is 0 Å². The van der Waals surface area contributed by atoms with E-state index in [2.05, 4.69) is 31.2 Å². The highest BCUT2D eigenvalue weighted by molar-refractivity contribution is 5.94. The minimum Gasteiger partial charge on any atom is -0.345 e. The van der Waals surface area contributed by atoms with Crippen LogP contribution in [0, 0.1) is 0 Å². The minimum atomic E-state index is -0.0631. The fourth-order valence-corrected chi connectivity index (χ4v) is 2.15. The smallest absolute Gasteiger partial charge is 0.251 e. The van der Waals surface area contributed by atoms with Gasteiger partial charge in [-0.3, -0.25) is 9.48 Å². The van der Waals surface area contributed by atoms with E-state index in [9.17, 15) is 4.79 Å². The van der Waals surface area contributed by atoms with Crippen LogP contribution in [0.15, 0.2) is 36.7 Å². The standard InChI is InChI=1S/C17H23N3O/c1-12(14-10-18-20(5)11-14)19-16(21)13-6-8-15(9-7-13)17(2,3)4/h6-12H,1-5H3,(H,19,21)/t12-/m0/s1. The minimum absolute atomic E-state index is 0.0616. The molecule has 0 fully saturated rings. The second kappa shape index (κ2) is 5.72. The first kappa shape index (κ1) is 15.3. The summed E-state index contributed by atoms with van der Waals surface area (Å²) in [5.41, 5.74) is 2.99. The Morgan fingerprint density at radius 1 is 1.24 bits per heavy atom. The van der Waals surface area contributed by atoms with Crippen molar-refractivity contribution in [3.05, 3.63) is 53.3 Å². The van der Waals surface area contributed by atoms with E-state index in [0.717, 1.165) is 5.56 Å². The predicted molar refractivity (Wildman–Crippen MR) is 84.2 cm³/mol. The lowest BCUT2D eigenvalue weighted by atomic mass is 9.86. The molecule has 0 spiro atoms. The monoisotopic (exact) mass is 285 g/mol. The molecule has 0 unspecified atom stereocenters. The molecule has 112 valence electrons. The Kier molecular flexibility index (Phi) is 4.16. The summed E-state index contributed by atoms with van der Waals surface area (Å²) in [6.45, 7) is 8.43. The SMILES string of the molecule is C[C@H](NC(=O)c1ccc(C(C)(C)C)cc1)c1cnn(C)c1. The summed E-state index contributed by atoms with van der Waals surface area (Å²) < 4.78 is 1.73. The van der Waals surface area contributed by atoms with E-state index in [1.165, 1.54) is 5.56 Å². The van der Waals surface area contributed by atoms with Gasteiger partial charge in [-0.1, -0.05) is 32.9 Å². The summed E-state index contributed by atoms with van der Waals surface area (Å²) in [6.07, 6.45) is 3.68. The lowest BCUT2D eigenvalue weighted by Gasteiger charge is -2.19. The highest BCUT2D eigenvalue weighted by atomic mass is 16.1. The molecule has 1 amide bonds. The molecule has 1 heterocycles. The van der Waals surface area contributed by atoms with E-state index in [0.29, 0.717) is 5.56 Å². The molecular weight excluding hydrogens is 262 g/mol. The highest BCUT2D eigenvalue weighted by Crippen LogP contribution is 2.22. The predicted octanol–water partition coefficient (Wildman–Crippen LogP) is 3.21. The maximum absolute atomic E-state index is 12.3. The van der Waals surface area contributed by atoms with Crippen LogP contribution in [0.25, 0.3) is 0 Å². The molecular formula is C17H23N3O. The molecule has 1 aromatic heterocycles. The van der Waals surface area contributed by atoms with Gasteiger partial charge in [0.1, 0.15) is 0 Å². The van der Waals surface area contributed by atoms with Gasteiger partial charge in [0.05, 0.1) is 12.2 Å². The van der Waals surface area contributed by atoms with Gasteiger partial charge < -0.3 is 5.32 Å². The molecule has 1 atom stereocenters. The molecule has 0 radical (unpaired) electrons. The number of rotatable bonds is 3. The first-order valence-corrected chi connectivity index (χ1v) is 7.17. The van der Waals surface area contributed by atoms with Crippen molar-refractivity contribution in [1.29, 1.82) is 0 Å². The van der Waals surface area contributed by atoms with E-state index in [1.54, 1.807) is 10.9 Å². The molecule has 2 rings (SSSR count). The number of aryl methyl sites for hydroxylation is 1. The summed E-state index contributed by atoms with van der Waals surface area (Å²) >= 11 is 0. The zero-order valence-electron chi connectivity index (χ0n) is 13.3. The fourth-order valence-electron chi connectivity index (χ4n) is 2.15. The molecule has 2 aromatic rings. The zero-order chi connectivity index (χ0) is 15.6. The third-order valence-electron chi connectivity index (χ3n) is 3.59. The largest absolute Gasteiger partial charge is 0.345 e. The Bertz CT molecular complexity index is 620. The van der Waals surface area contributed by atoms with E-state index >= 15 is 0 Å². The van der Waals surface area contributed by atoms with Crippen molar-refractivity contribution in [3.8, 4) is 0 Å². The number of amides is 1. The second-order valence-electron chi connectivity index (χ2n) is 6.47. The molecule has 0 aliphatic carbocycles. The van der Waals surface area contributed by atoms with Gasteiger partial charge in [-0.2, -0.15) is 5.10 Å². The molecule has 0 aliphatic heterocycles. The van der Waals surface area contributed by atoms with Crippen LogP contribution < -0.4 is 5.32 Å². The maximum Gasteiger partial charge on any atom is 0.251 e. The molecule has 0 saturated heterocycles. The Balaban J connectivity index is 2.06. The number of carbonyl (C=O) groups excluding carboxylic acids is 1. The van der Waals surface area contributed by atoms with Gasteiger partial charge in [0.25, 0.3) is 5.91 Å². The average molecular weight is 285 g/mol. The van der Waals surface area contributed by atoms with E-state index in [-0.39, 0.29) is 17.4 Å². The quantitative estimate of drug-likeness (QED) is 0.941. The van der Waals surface area contributed by atoms with Crippen LogP contribution in [0.4, 0.5) is 0 Å². The Labute approximate surface area is 126 Å². The third kappa shape index (κ3) is 3.72.